The lowest BCUT2D eigenvalue weighted by molar-refractivity contribution is -0.870. The minimum absolute atomic E-state index is 0.0319. The van der Waals surface area contributed by atoms with Crippen LogP contribution >= 0.6 is 7.82 Å². The summed E-state index contributed by atoms with van der Waals surface area (Å²) in [5, 5.41) is 0. The van der Waals surface area contributed by atoms with Crippen molar-refractivity contribution in [3.63, 3.8) is 0 Å². The summed E-state index contributed by atoms with van der Waals surface area (Å²) in [7, 11) is 1.16. The van der Waals surface area contributed by atoms with Crippen LogP contribution in [0, 0.1) is 0 Å². The Kier molecular flexibility index (Phi) is 35.1. The number of hydrogen-bond donors (Lipinski definition) is 0. The lowest BCUT2D eigenvalue weighted by atomic mass is 10.1. The average Bonchev–Trinajstić information content (AvgIpc) is 3.10. The van der Waals surface area contributed by atoms with Gasteiger partial charge in [0.15, 0.2) is 6.10 Å². The fourth-order valence-electron chi connectivity index (χ4n) is 5.76. The predicted molar refractivity (Wildman–Crippen MR) is 218 cm³/mol. The molecule has 53 heavy (non-hydrogen) atoms. The molecule has 0 aromatic rings. The smallest absolute Gasteiger partial charge is 0.306 e. The molecule has 0 aliphatic carbocycles. The van der Waals surface area contributed by atoms with Crippen molar-refractivity contribution in [2.24, 2.45) is 0 Å². The van der Waals surface area contributed by atoms with E-state index in [-0.39, 0.29) is 26.1 Å². The Labute approximate surface area is 326 Å². The maximum Gasteiger partial charge on any atom is 0.306 e. The third-order valence-corrected chi connectivity index (χ3v) is 10.2. The molecule has 0 radical (unpaired) electrons. The standard InChI is InChI=1S/C43H82NO8P/c1-6-8-10-12-14-16-18-20-21-22-23-24-26-28-30-32-34-36-43(46)52-41(40-51-53(47,48)50-38-37-44(3,4)5)39-49-42(45)35-33-31-29-27-25-19-17-15-13-11-9-7-2/h15,17,20-21,41H,6-14,16,18-19,22-40H2,1-5H3/b17-15-,21-20-/t41-/m1/s1. The summed E-state index contributed by atoms with van der Waals surface area (Å²) in [4.78, 5) is 37.4. The summed E-state index contributed by atoms with van der Waals surface area (Å²) in [5.74, 6) is -0.848. The van der Waals surface area contributed by atoms with Crippen LogP contribution in [0.15, 0.2) is 24.3 Å². The second kappa shape index (κ2) is 36.1. The SMILES string of the molecule is CCCCC/C=C\CCCCCCCC(=O)OC[C@H](COP(=O)([O-])OCC[N+](C)(C)C)OC(=O)CCCCCCCCC/C=C\CCCCCCCC. The molecule has 0 aromatic carbocycles. The Morgan fingerprint density at radius 3 is 1.43 bits per heavy atom. The van der Waals surface area contributed by atoms with Crippen molar-refractivity contribution in [2.75, 3.05) is 47.5 Å². The van der Waals surface area contributed by atoms with Crippen LogP contribution in [0.2, 0.25) is 0 Å². The topological polar surface area (TPSA) is 111 Å². The first-order valence-corrected chi connectivity index (χ1v) is 23.0. The second-order valence-corrected chi connectivity index (χ2v) is 17.1. The van der Waals surface area contributed by atoms with E-state index in [4.69, 9.17) is 18.5 Å². The Morgan fingerprint density at radius 1 is 0.566 bits per heavy atom. The number of likely N-dealkylation sites (N-methyl/N-ethyl adjacent to an activating group) is 1. The van der Waals surface area contributed by atoms with Crippen LogP contribution in [0.1, 0.15) is 187 Å². The van der Waals surface area contributed by atoms with E-state index in [1.165, 1.54) is 89.9 Å². The van der Waals surface area contributed by atoms with Crippen molar-refractivity contribution in [3.05, 3.63) is 24.3 Å². The molecule has 1 unspecified atom stereocenters. The van der Waals surface area contributed by atoms with E-state index in [2.05, 4.69) is 38.2 Å². The Balaban J connectivity index is 4.37. The molecule has 9 nitrogen and oxygen atoms in total. The highest BCUT2D eigenvalue weighted by Gasteiger charge is 2.21. The summed E-state index contributed by atoms with van der Waals surface area (Å²) < 4.78 is 33.8. The minimum Gasteiger partial charge on any atom is -0.756 e. The van der Waals surface area contributed by atoms with Gasteiger partial charge in [0.1, 0.15) is 19.8 Å². The van der Waals surface area contributed by atoms with Crippen molar-refractivity contribution in [2.45, 2.75) is 193 Å². The summed E-state index contributed by atoms with van der Waals surface area (Å²) in [6.45, 7) is 4.18. The van der Waals surface area contributed by atoms with Crippen molar-refractivity contribution >= 4 is 19.8 Å². The second-order valence-electron chi connectivity index (χ2n) is 15.7. The van der Waals surface area contributed by atoms with Gasteiger partial charge in [-0.05, 0) is 64.2 Å². The van der Waals surface area contributed by atoms with Crippen molar-refractivity contribution in [3.8, 4) is 0 Å². The number of carbonyl (C=O) groups excluding carboxylic acids is 2. The first-order valence-electron chi connectivity index (χ1n) is 21.5. The van der Waals surface area contributed by atoms with Crippen LogP contribution < -0.4 is 4.89 Å². The van der Waals surface area contributed by atoms with Gasteiger partial charge < -0.3 is 27.9 Å². The fourth-order valence-corrected chi connectivity index (χ4v) is 6.49. The maximum atomic E-state index is 12.7. The van der Waals surface area contributed by atoms with Gasteiger partial charge in [-0.1, -0.05) is 134 Å². The van der Waals surface area contributed by atoms with Gasteiger partial charge in [0, 0.05) is 12.8 Å². The molecule has 0 aliphatic heterocycles. The summed E-state index contributed by atoms with van der Waals surface area (Å²) >= 11 is 0. The number of phosphoric acid groups is 1. The van der Waals surface area contributed by atoms with Crippen LogP contribution in [0.5, 0.6) is 0 Å². The molecule has 10 heteroatoms. The van der Waals surface area contributed by atoms with Gasteiger partial charge in [0.25, 0.3) is 7.82 Å². The van der Waals surface area contributed by atoms with Crippen LogP contribution in [-0.2, 0) is 32.7 Å². The van der Waals surface area contributed by atoms with Crippen LogP contribution in [0.3, 0.4) is 0 Å². The molecule has 0 amide bonds. The molecule has 0 bridgehead atoms. The quantitative estimate of drug-likeness (QED) is 0.0200. The number of nitrogens with zero attached hydrogens (tertiary/aromatic N) is 1. The van der Waals surface area contributed by atoms with E-state index < -0.39 is 32.5 Å². The normalized spacial score (nSPS) is 13.8. The Hall–Kier alpha value is -1.51. The Morgan fingerprint density at radius 2 is 0.962 bits per heavy atom. The highest BCUT2D eigenvalue weighted by atomic mass is 31.2. The third kappa shape index (κ3) is 40.0. The van der Waals surface area contributed by atoms with Crippen LogP contribution in [0.25, 0.3) is 0 Å². The number of carbonyl (C=O) groups is 2. The molecule has 0 spiro atoms. The third-order valence-electron chi connectivity index (χ3n) is 9.19. The minimum atomic E-state index is -4.62. The molecule has 0 saturated carbocycles. The van der Waals surface area contributed by atoms with E-state index in [9.17, 15) is 19.0 Å². The number of unbranched alkanes of at least 4 members (excludes halogenated alkanes) is 21. The number of rotatable bonds is 39. The number of hydrogen-bond acceptors (Lipinski definition) is 8. The zero-order valence-corrected chi connectivity index (χ0v) is 35.9. The van der Waals surface area contributed by atoms with Gasteiger partial charge in [-0.15, -0.1) is 0 Å². The number of allylic oxidation sites excluding steroid dienone is 4. The van der Waals surface area contributed by atoms with Crippen molar-refractivity contribution in [1.82, 2.24) is 0 Å². The summed E-state index contributed by atoms with van der Waals surface area (Å²) in [5.41, 5.74) is 0. The number of esters is 2. The van der Waals surface area contributed by atoms with Gasteiger partial charge in [0.2, 0.25) is 0 Å². The highest BCUT2D eigenvalue weighted by Crippen LogP contribution is 2.38. The zero-order chi connectivity index (χ0) is 39.3. The molecule has 2 atom stereocenters. The molecular weight excluding hydrogens is 689 g/mol. The zero-order valence-electron chi connectivity index (χ0n) is 35.0. The largest absolute Gasteiger partial charge is 0.756 e. The molecule has 0 saturated heterocycles. The summed E-state index contributed by atoms with van der Waals surface area (Å²) in [6, 6.07) is 0. The Bertz CT molecular complexity index is 964. The monoisotopic (exact) mass is 772 g/mol. The van der Waals surface area contributed by atoms with E-state index >= 15 is 0 Å². The fraction of sp³-hybridized carbons (Fsp3) is 0.860. The van der Waals surface area contributed by atoms with Gasteiger partial charge in [0.05, 0.1) is 27.7 Å². The molecule has 0 heterocycles. The molecule has 0 rings (SSSR count). The lowest BCUT2D eigenvalue weighted by Gasteiger charge is -2.28. The van der Waals surface area contributed by atoms with Gasteiger partial charge >= 0.3 is 11.9 Å². The molecule has 0 N–H and O–H groups in total. The summed E-state index contributed by atoms with van der Waals surface area (Å²) in [6.07, 6.45) is 37.7. The van der Waals surface area contributed by atoms with Gasteiger partial charge in [-0.3, -0.25) is 14.2 Å². The lowest BCUT2D eigenvalue weighted by Crippen LogP contribution is -2.37. The van der Waals surface area contributed by atoms with Gasteiger partial charge in [-0.25, -0.2) is 0 Å². The molecule has 0 aromatic heterocycles. The van der Waals surface area contributed by atoms with Gasteiger partial charge in [-0.2, -0.15) is 0 Å². The van der Waals surface area contributed by atoms with Crippen molar-refractivity contribution in [1.29, 1.82) is 0 Å². The predicted octanol–water partition coefficient (Wildman–Crippen LogP) is 11.3. The molecule has 0 aliphatic rings. The molecule has 312 valence electrons. The first kappa shape index (κ1) is 51.5. The van der Waals surface area contributed by atoms with Crippen molar-refractivity contribution < 1.29 is 42.1 Å². The highest BCUT2D eigenvalue weighted by molar-refractivity contribution is 7.45. The number of ether oxygens (including phenoxy) is 2. The molecule has 0 fully saturated rings. The first-order chi connectivity index (χ1) is 25.5. The number of phosphoric ester groups is 1. The van der Waals surface area contributed by atoms with Crippen LogP contribution in [-0.4, -0.2) is 70.0 Å². The van der Waals surface area contributed by atoms with E-state index in [1.807, 2.05) is 21.1 Å². The van der Waals surface area contributed by atoms with E-state index in [1.54, 1.807) is 0 Å². The van der Waals surface area contributed by atoms with E-state index in [0.717, 1.165) is 64.2 Å². The average molecular weight is 772 g/mol. The molecular formula is C43H82NO8P. The van der Waals surface area contributed by atoms with E-state index in [0.29, 0.717) is 17.4 Å². The maximum absolute atomic E-state index is 12.7. The number of quaternary nitrogens is 1. The van der Waals surface area contributed by atoms with Crippen LogP contribution in [0.4, 0.5) is 0 Å².